The largest absolute Gasteiger partial charge is 0.382 e. The van der Waals surface area contributed by atoms with Crippen LogP contribution in [0.25, 0.3) is 0 Å². The van der Waals surface area contributed by atoms with Gasteiger partial charge < -0.3 is 14.7 Å². The van der Waals surface area contributed by atoms with Gasteiger partial charge in [0.05, 0.1) is 5.71 Å². The summed E-state index contributed by atoms with van der Waals surface area (Å²) in [7, 11) is 0. The van der Waals surface area contributed by atoms with E-state index in [1.165, 1.54) is 12.1 Å². The van der Waals surface area contributed by atoms with E-state index >= 15 is 0 Å². The molecule has 1 N–H and O–H groups in total. The van der Waals surface area contributed by atoms with E-state index in [1.54, 1.807) is 19.1 Å². The van der Waals surface area contributed by atoms with Crippen LogP contribution < -0.4 is 5.32 Å². The SMILES string of the molecule is Cc1nc(C2(NC(=O)C3CC(c4cccc(F)c4)=NO3)CCCC2)no1. The summed E-state index contributed by atoms with van der Waals surface area (Å²) < 4.78 is 18.5. The van der Waals surface area contributed by atoms with E-state index in [-0.39, 0.29) is 18.1 Å². The molecule has 1 fully saturated rings. The molecule has 1 aromatic heterocycles. The van der Waals surface area contributed by atoms with E-state index in [4.69, 9.17) is 9.36 Å². The van der Waals surface area contributed by atoms with Gasteiger partial charge in [-0.1, -0.05) is 35.3 Å². The minimum atomic E-state index is -0.751. The summed E-state index contributed by atoms with van der Waals surface area (Å²) in [6.07, 6.45) is 2.99. The zero-order chi connectivity index (χ0) is 18.1. The number of nitrogens with zero attached hydrogens (tertiary/aromatic N) is 3. The van der Waals surface area contributed by atoms with Crippen molar-refractivity contribution < 1.29 is 18.5 Å². The summed E-state index contributed by atoms with van der Waals surface area (Å²) in [5, 5.41) is 11.0. The second-order valence-corrected chi connectivity index (χ2v) is 6.76. The molecule has 2 aliphatic rings. The zero-order valence-corrected chi connectivity index (χ0v) is 14.4. The topological polar surface area (TPSA) is 89.6 Å². The van der Waals surface area contributed by atoms with Gasteiger partial charge in [-0.2, -0.15) is 4.98 Å². The molecule has 1 aliphatic carbocycles. The Morgan fingerprint density at radius 1 is 1.35 bits per heavy atom. The molecule has 1 aliphatic heterocycles. The van der Waals surface area contributed by atoms with Crippen molar-refractivity contribution >= 4 is 11.6 Å². The quantitative estimate of drug-likeness (QED) is 0.907. The van der Waals surface area contributed by atoms with Crippen molar-refractivity contribution in [1.82, 2.24) is 15.5 Å². The summed E-state index contributed by atoms with van der Waals surface area (Å²) in [5.74, 6) is 0.347. The summed E-state index contributed by atoms with van der Waals surface area (Å²) >= 11 is 0. The van der Waals surface area contributed by atoms with E-state index in [2.05, 4.69) is 20.6 Å². The second kappa shape index (κ2) is 6.51. The molecule has 1 atom stereocenters. The maximum Gasteiger partial charge on any atom is 0.265 e. The van der Waals surface area contributed by atoms with Gasteiger partial charge in [0.2, 0.25) is 12.0 Å². The van der Waals surface area contributed by atoms with Gasteiger partial charge in [-0.15, -0.1) is 0 Å². The average Bonchev–Trinajstić information content (AvgIpc) is 3.35. The van der Waals surface area contributed by atoms with Gasteiger partial charge in [0, 0.05) is 18.9 Å². The summed E-state index contributed by atoms with van der Waals surface area (Å²) in [5.41, 5.74) is 0.546. The minimum Gasteiger partial charge on any atom is -0.382 e. The molecule has 136 valence electrons. The number of hydrogen-bond donors (Lipinski definition) is 1. The lowest BCUT2D eigenvalue weighted by Crippen LogP contribution is -2.48. The Bertz CT molecular complexity index is 858. The van der Waals surface area contributed by atoms with Crippen molar-refractivity contribution in [3.05, 3.63) is 47.4 Å². The Balaban J connectivity index is 1.47. The molecular weight excluding hydrogens is 339 g/mol. The first-order valence-corrected chi connectivity index (χ1v) is 8.67. The lowest BCUT2D eigenvalue weighted by molar-refractivity contribution is -0.133. The highest BCUT2D eigenvalue weighted by molar-refractivity contribution is 6.04. The fraction of sp³-hybridized carbons (Fsp3) is 0.444. The predicted octanol–water partition coefficient (Wildman–Crippen LogP) is 2.60. The molecule has 0 radical (unpaired) electrons. The van der Waals surface area contributed by atoms with Crippen LogP contribution in [0.15, 0.2) is 33.9 Å². The van der Waals surface area contributed by atoms with Crippen LogP contribution in [0.5, 0.6) is 0 Å². The maximum absolute atomic E-state index is 13.4. The van der Waals surface area contributed by atoms with Crippen LogP contribution in [0.2, 0.25) is 0 Å². The number of oxime groups is 1. The monoisotopic (exact) mass is 358 g/mol. The molecule has 1 amide bonds. The van der Waals surface area contributed by atoms with E-state index in [9.17, 15) is 9.18 Å². The molecule has 0 bridgehead atoms. The van der Waals surface area contributed by atoms with Gasteiger partial charge in [-0.25, -0.2) is 4.39 Å². The molecule has 1 aromatic carbocycles. The number of hydrogen-bond acceptors (Lipinski definition) is 6. The average molecular weight is 358 g/mol. The summed E-state index contributed by atoms with van der Waals surface area (Å²) in [6.45, 7) is 1.72. The molecule has 8 heteroatoms. The third-order valence-corrected chi connectivity index (χ3v) is 4.89. The van der Waals surface area contributed by atoms with Gasteiger partial charge in [0.25, 0.3) is 5.91 Å². The standard InChI is InChI=1S/C18H19FN4O3/c1-11-20-17(23-25-11)18(7-2-3-8-18)21-16(24)15-10-14(22-26-15)12-5-4-6-13(19)9-12/h4-6,9,15H,2-3,7-8,10H2,1H3,(H,21,24). The maximum atomic E-state index is 13.4. The van der Waals surface area contributed by atoms with Crippen molar-refractivity contribution in [2.24, 2.45) is 5.16 Å². The smallest absolute Gasteiger partial charge is 0.265 e. The van der Waals surface area contributed by atoms with Gasteiger partial charge in [0.1, 0.15) is 11.4 Å². The lowest BCUT2D eigenvalue weighted by atomic mass is 9.95. The molecule has 1 unspecified atom stereocenters. The number of aryl methyl sites for hydroxylation is 1. The molecular formula is C18H19FN4O3. The van der Waals surface area contributed by atoms with Crippen molar-refractivity contribution in [3.63, 3.8) is 0 Å². The van der Waals surface area contributed by atoms with Crippen molar-refractivity contribution in [2.45, 2.75) is 50.7 Å². The minimum absolute atomic E-state index is 0.274. The second-order valence-electron chi connectivity index (χ2n) is 6.76. The third-order valence-electron chi connectivity index (χ3n) is 4.89. The van der Waals surface area contributed by atoms with Crippen molar-refractivity contribution in [2.75, 3.05) is 0 Å². The Morgan fingerprint density at radius 3 is 2.85 bits per heavy atom. The predicted molar refractivity (Wildman–Crippen MR) is 89.8 cm³/mol. The van der Waals surface area contributed by atoms with E-state index in [1.807, 2.05) is 0 Å². The van der Waals surface area contributed by atoms with E-state index < -0.39 is 11.6 Å². The Hall–Kier alpha value is -2.77. The zero-order valence-electron chi connectivity index (χ0n) is 14.4. The summed E-state index contributed by atoms with van der Waals surface area (Å²) in [4.78, 5) is 22.4. The van der Waals surface area contributed by atoms with E-state index in [0.29, 0.717) is 23.0 Å². The molecule has 2 aromatic rings. The molecule has 0 spiro atoms. The van der Waals surface area contributed by atoms with E-state index in [0.717, 1.165) is 25.7 Å². The van der Waals surface area contributed by atoms with Crippen molar-refractivity contribution in [1.29, 1.82) is 0 Å². The fourth-order valence-corrected chi connectivity index (χ4v) is 3.55. The first-order chi connectivity index (χ1) is 12.6. The van der Waals surface area contributed by atoms with Crippen LogP contribution in [-0.4, -0.2) is 27.9 Å². The van der Waals surface area contributed by atoms with Gasteiger partial charge in [0.15, 0.2) is 5.82 Å². The Morgan fingerprint density at radius 2 is 2.15 bits per heavy atom. The number of aromatic nitrogens is 2. The number of nitrogens with one attached hydrogen (secondary N) is 1. The van der Waals surface area contributed by atoms with Crippen LogP contribution in [0, 0.1) is 12.7 Å². The van der Waals surface area contributed by atoms with Gasteiger partial charge in [-0.05, 0) is 25.0 Å². The number of amides is 1. The number of benzene rings is 1. The highest BCUT2D eigenvalue weighted by Gasteiger charge is 2.43. The Kier molecular flexibility index (Phi) is 4.18. The Labute approximate surface area is 149 Å². The number of rotatable bonds is 4. The van der Waals surface area contributed by atoms with Crippen LogP contribution in [0.4, 0.5) is 4.39 Å². The molecule has 4 rings (SSSR count). The number of carbonyl (C=O) groups excluding carboxylic acids is 1. The van der Waals surface area contributed by atoms with Crippen LogP contribution in [0.3, 0.4) is 0 Å². The molecule has 26 heavy (non-hydrogen) atoms. The highest BCUT2D eigenvalue weighted by Crippen LogP contribution is 2.37. The van der Waals surface area contributed by atoms with Gasteiger partial charge in [-0.3, -0.25) is 4.79 Å². The first-order valence-electron chi connectivity index (χ1n) is 8.67. The molecule has 1 saturated carbocycles. The number of halogens is 1. The third kappa shape index (κ3) is 3.07. The van der Waals surface area contributed by atoms with Crippen LogP contribution >= 0.6 is 0 Å². The lowest BCUT2D eigenvalue weighted by Gasteiger charge is -2.27. The normalized spacial score (nSPS) is 21.3. The first kappa shape index (κ1) is 16.7. The highest BCUT2D eigenvalue weighted by atomic mass is 19.1. The number of carbonyl (C=O) groups is 1. The van der Waals surface area contributed by atoms with Crippen LogP contribution in [-0.2, 0) is 15.2 Å². The fourth-order valence-electron chi connectivity index (χ4n) is 3.55. The molecule has 0 saturated heterocycles. The van der Waals surface area contributed by atoms with Gasteiger partial charge >= 0.3 is 0 Å². The molecule has 7 nitrogen and oxygen atoms in total. The van der Waals surface area contributed by atoms with Crippen molar-refractivity contribution in [3.8, 4) is 0 Å². The summed E-state index contributed by atoms with van der Waals surface area (Å²) in [6, 6.07) is 6.09. The van der Waals surface area contributed by atoms with Crippen LogP contribution in [0.1, 0.15) is 49.4 Å². The molecule has 2 heterocycles.